The van der Waals surface area contributed by atoms with Gasteiger partial charge < -0.3 is 15.1 Å². The van der Waals surface area contributed by atoms with Crippen LogP contribution in [0.15, 0.2) is 48.5 Å². The number of carbonyl (C=O) groups excluding carboxylic acids is 2. The van der Waals surface area contributed by atoms with Crippen molar-refractivity contribution < 1.29 is 9.59 Å². The van der Waals surface area contributed by atoms with Crippen LogP contribution in [0.3, 0.4) is 0 Å². The Morgan fingerprint density at radius 2 is 1.89 bits per heavy atom. The molecule has 5 heteroatoms. The third-order valence-corrected chi connectivity index (χ3v) is 5.29. The molecule has 0 aliphatic carbocycles. The normalized spacial score (nSPS) is 16.6. The fourth-order valence-electron chi connectivity index (χ4n) is 3.45. The van der Waals surface area contributed by atoms with Gasteiger partial charge in [0.1, 0.15) is 0 Å². The van der Waals surface area contributed by atoms with Gasteiger partial charge in [-0.3, -0.25) is 9.59 Å². The number of amides is 2. The summed E-state index contributed by atoms with van der Waals surface area (Å²) in [7, 11) is 2.09. The molecule has 1 heterocycles. The van der Waals surface area contributed by atoms with Crippen molar-refractivity contribution >= 4 is 17.5 Å². The van der Waals surface area contributed by atoms with E-state index in [-0.39, 0.29) is 24.2 Å². The van der Waals surface area contributed by atoms with E-state index in [9.17, 15) is 9.59 Å². The monoisotopic (exact) mass is 379 g/mol. The number of carbonyl (C=O) groups is 2. The summed E-state index contributed by atoms with van der Waals surface area (Å²) in [6.07, 6.45) is 0.265. The lowest BCUT2D eigenvalue weighted by atomic mass is 10.1. The van der Waals surface area contributed by atoms with Crippen molar-refractivity contribution in [1.82, 2.24) is 10.2 Å². The number of nitrogens with zero attached hydrogens (tertiary/aromatic N) is 2. The Bertz CT molecular complexity index is 832. The molecular formula is C23H29N3O2. The molecule has 148 valence electrons. The van der Waals surface area contributed by atoms with E-state index < -0.39 is 0 Å². The molecule has 5 nitrogen and oxygen atoms in total. The molecule has 1 saturated heterocycles. The molecule has 2 aromatic rings. The van der Waals surface area contributed by atoms with E-state index in [1.54, 1.807) is 4.90 Å². The van der Waals surface area contributed by atoms with Crippen molar-refractivity contribution in [2.24, 2.45) is 5.92 Å². The Morgan fingerprint density at radius 3 is 2.61 bits per heavy atom. The summed E-state index contributed by atoms with van der Waals surface area (Å²) in [4.78, 5) is 28.9. The topological polar surface area (TPSA) is 52.7 Å². The lowest BCUT2D eigenvalue weighted by Gasteiger charge is -2.17. The first-order chi connectivity index (χ1) is 13.5. The SMILES string of the molecule is CCN(C)Cc1cccc(CNC(=O)C2CC(=O)N(c3ccc(C)cc3)C2)c1. The maximum absolute atomic E-state index is 12.6. The van der Waals surface area contributed by atoms with Crippen molar-refractivity contribution in [1.29, 1.82) is 0 Å². The summed E-state index contributed by atoms with van der Waals surface area (Å²) in [6, 6.07) is 16.1. The van der Waals surface area contributed by atoms with Crippen LogP contribution < -0.4 is 10.2 Å². The van der Waals surface area contributed by atoms with Crippen molar-refractivity contribution in [2.45, 2.75) is 33.4 Å². The predicted octanol–water partition coefficient (Wildman–Crippen LogP) is 3.12. The molecule has 1 unspecified atom stereocenters. The van der Waals surface area contributed by atoms with Crippen LogP contribution in [0, 0.1) is 12.8 Å². The smallest absolute Gasteiger partial charge is 0.227 e. The summed E-state index contributed by atoms with van der Waals surface area (Å²) in [5.41, 5.74) is 4.32. The highest BCUT2D eigenvalue weighted by atomic mass is 16.2. The summed E-state index contributed by atoms with van der Waals surface area (Å²) in [5.74, 6) is -0.351. The van der Waals surface area contributed by atoms with Gasteiger partial charge in [-0.15, -0.1) is 0 Å². The van der Waals surface area contributed by atoms with Crippen LogP contribution in [-0.2, 0) is 22.7 Å². The molecule has 1 atom stereocenters. The van der Waals surface area contributed by atoms with Crippen LogP contribution in [0.4, 0.5) is 5.69 Å². The Balaban J connectivity index is 1.56. The minimum atomic E-state index is -0.303. The first kappa shape index (κ1) is 20.1. The van der Waals surface area contributed by atoms with E-state index in [4.69, 9.17) is 0 Å². The number of hydrogen-bond acceptors (Lipinski definition) is 3. The van der Waals surface area contributed by atoms with Crippen LogP contribution in [-0.4, -0.2) is 36.9 Å². The van der Waals surface area contributed by atoms with E-state index in [1.165, 1.54) is 5.56 Å². The average molecular weight is 380 g/mol. The largest absolute Gasteiger partial charge is 0.352 e. The number of rotatable bonds is 7. The van der Waals surface area contributed by atoms with E-state index in [0.29, 0.717) is 13.1 Å². The highest BCUT2D eigenvalue weighted by Gasteiger charge is 2.34. The second-order valence-electron chi connectivity index (χ2n) is 7.61. The van der Waals surface area contributed by atoms with E-state index >= 15 is 0 Å². The zero-order chi connectivity index (χ0) is 20.1. The molecule has 0 saturated carbocycles. The van der Waals surface area contributed by atoms with Crippen LogP contribution in [0.5, 0.6) is 0 Å². The fourth-order valence-corrected chi connectivity index (χ4v) is 3.45. The maximum atomic E-state index is 12.6. The van der Waals surface area contributed by atoms with Gasteiger partial charge in [0, 0.05) is 31.7 Å². The summed E-state index contributed by atoms with van der Waals surface area (Å²) in [5, 5.41) is 3.01. The van der Waals surface area contributed by atoms with Crippen LogP contribution >= 0.6 is 0 Å². The van der Waals surface area contributed by atoms with E-state index in [2.05, 4.69) is 36.3 Å². The first-order valence-corrected chi connectivity index (χ1v) is 9.87. The molecular weight excluding hydrogens is 350 g/mol. The fraction of sp³-hybridized carbons (Fsp3) is 0.391. The molecule has 0 bridgehead atoms. The zero-order valence-electron chi connectivity index (χ0n) is 16.9. The molecule has 1 N–H and O–H groups in total. The minimum absolute atomic E-state index is 0.00797. The van der Waals surface area contributed by atoms with Crippen molar-refractivity contribution in [2.75, 3.05) is 25.0 Å². The molecule has 1 aliphatic heterocycles. The molecule has 2 amide bonds. The van der Waals surface area contributed by atoms with Gasteiger partial charge in [-0.1, -0.05) is 48.9 Å². The van der Waals surface area contributed by atoms with Crippen LogP contribution in [0.25, 0.3) is 0 Å². The van der Waals surface area contributed by atoms with Gasteiger partial charge >= 0.3 is 0 Å². The summed E-state index contributed by atoms with van der Waals surface area (Å²) < 4.78 is 0. The van der Waals surface area contributed by atoms with Crippen LogP contribution in [0.1, 0.15) is 30.0 Å². The average Bonchev–Trinajstić information content (AvgIpc) is 3.08. The van der Waals surface area contributed by atoms with Gasteiger partial charge in [-0.25, -0.2) is 0 Å². The Hall–Kier alpha value is -2.66. The second-order valence-corrected chi connectivity index (χ2v) is 7.61. The van der Waals surface area contributed by atoms with Crippen molar-refractivity contribution in [3.05, 3.63) is 65.2 Å². The summed E-state index contributed by atoms with van der Waals surface area (Å²) in [6.45, 7) is 6.95. The molecule has 1 aliphatic rings. The zero-order valence-corrected chi connectivity index (χ0v) is 16.9. The number of aryl methyl sites for hydroxylation is 1. The molecule has 0 radical (unpaired) electrons. The van der Waals surface area contributed by atoms with Crippen molar-refractivity contribution in [3.63, 3.8) is 0 Å². The van der Waals surface area contributed by atoms with Gasteiger partial charge in [0.05, 0.1) is 5.92 Å². The number of anilines is 1. The second kappa shape index (κ2) is 9.02. The first-order valence-electron chi connectivity index (χ1n) is 9.87. The molecule has 1 fully saturated rings. The van der Waals surface area contributed by atoms with Gasteiger partial charge in [-0.2, -0.15) is 0 Å². The van der Waals surface area contributed by atoms with E-state index in [1.807, 2.05) is 43.3 Å². The van der Waals surface area contributed by atoms with Crippen LogP contribution in [0.2, 0.25) is 0 Å². The maximum Gasteiger partial charge on any atom is 0.227 e. The standard InChI is InChI=1S/C23H29N3O2/c1-4-25(3)15-19-7-5-6-18(12-19)14-24-23(28)20-13-22(27)26(16-20)21-10-8-17(2)9-11-21/h5-12,20H,4,13-16H2,1-3H3,(H,24,28). The number of nitrogens with one attached hydrogen (secondary N) is 1. The third kappa shape index (κ3) is 4.98. The molecule has 0 spiro atoms. The Morgan fingerprint density at radius 1 is 1.18 bits per heavy atom. The number of hydrogen-bond donors (Lipinski definition) is 1. The quantitative estimate of drug-likeness (QED) is 0.804. The highest BCUT2D eigenvalue weighted by molar-refractivity contribution is 6.00. The number of benzene rings is 2. The lowest BCUT2D eigenvalue weighted by Crippen LogP contribution is -2.32. The van der Waals surface area contributed by atoms with Gasteiger partial charge in [0.25, 0.3) is 0 Å². The van der Waals surface area contributed by atoms with Crippen molar-refractivity contribution in [3.8, 4) is 0 Å². The highest BCUT2D eigenvalue weighted by Crippen LogP contribution is 2.25. The van der Waals surface area contributed by atoms with Gasteiger partial charge in [0.2, 0.25) is 11.8 Å². The molecule has 0 aromatic heterocycles. The predicted molar refractivity (Wildman–Crippen MR) is 112 cm³/mol. The third-order valence-electron chi connectivity index (χ3n) is 5.29. The Kier molecular flexibility index (Phi) is 6.47. The Labute approximate surface area is 167 Å². The van der Waals surface area contributed by atoms with Gasteiger partial charge in [0.15, 0.2) is 0 Å². The van der Waals surface area contributed by atoms with E-state index in [0.717, 1.165) is 29.9 Å². The lowest BCUT2D eigenvalue weighted by molar-refractivity contribution is -0.126. The summed E-state index contributed by atoms with van der Waals surface area (Å²) >= 11 is 0. The molecule has 28 heavy (non-hydrogen) atoms. The minimum Gasteiger partial charge on any atom is -0.352 e. The molecule has 3 rings (SSSR count). The van der Waals surface area contributed by atoms with Gasteiger partial charge in [-0.05, 0) is 43.8 Å². The molecule has 2 aromatic carbocycles.